The molecule has 0 N–H and O–H groups in total. The summed E-state index contributed by atoms with van der Waals surface area (Å²) >= 11 is 0. The number of hydrogen-bond acceptors (Lipinski definition) is 2. The SMILES string of the molecule is CC(C)[C@@]12C[C@@H]3O[C@]3(C)C[C@@H]1O2. The van der Waals surface area contributed by atoms with E-state index in [4.69, 9.17) is 9.47 Å². The predicted octanol–water partition coefficient (Wildman–Crippen LogP) is 1.73. The number of epoxide rings is 2. The quantitative estimate of drug-likeness (QED) is 0.557. The molecule has 68 valence electrons. The van der Waals surface area contributed by atoms with E-state index >= 15 is 0 Å². The number of ether oxygens (including phenoxy) is 2. The normalized spacial score (nSPS) is 61.0. The Hall–Kier alpha value is -0.0800. The standard InChI is InChI=1S/C10H16O2/c1-6(2)10-5-7-9(3,11-7)4-8(10)12-10/h6-8H,4-5H2,1-3H3/t7-,8-,9+,10-/m0/s1. The van der Waals surface area contributed by atoms with Gasteiger partial charge in [0.05, 0.1) is 23.4 Å². The van der Waals surface area contributed by atoms with E-state index in [1.165, 1.54) is 0 Å². The zero-order valence-electron chi connectivity index (χ0n) is 7.96. The van der Waals surface area contributed by atoms with Crippen molar-refractivity contribution in [1.29, 1.82) is 0 Å². The minimum absolute atomic E-state index is 0.194. The highest BCUT2D eigenvalue weighted by Crippen LogP contribution is 2.62. The van der Waals surface area contributed by atoms with Crippen molar-refractivity contribution in [2.24, 2.45) is 5.92 Å². The lowest BCUT2D eigenvalue weighted by Gasteiger charge is -2.20. The van der Waals surface area contributed by atoms with Gasteiger partial charge >= 0.3 is 0 Å². The number of rotatable bonds is 1. The van der Waals surface area contributed by atoms with E-state index < -0.39 is 0 Å². The van der Waals surface area contributed by atoms with E-state index in [1.54, 1.807) is 0 Å². The summed E-state index contributed by atoms with van der Waals surface area (Å²) in [5.74, 6) is 0.649. The van der Waals surface area contributed by atoms with Crippen molar-refractivity contribution in [1.82, 2.24) is 0 Å². The summed E-state index contributed by atoms with van der Waals surface area (Å²) in [5.41, 5.74) is 0.403. The molecule has 0 spiro atoms. The molecule has 2 heterocycles. The first kappa shape index (κ1) is 7.34. The third-order valence-electron chi connectivity index (χ3n) is 3.96. The van der Waals surface area contributed by atoms with E-state index in [0.717, 1.165) is 12.8 Å². The van der Waals surface area contributed by atoms with Gasteiger partial charge in [-0.15, -0.1) is 0 Å². The Kier molecular flexibility index (Phi) is 1.06. The van der Waals surface area contributed by atoms with Crippen LogP contribution in [0, 0.1) is 5.92 Å². The Morgan fingerprint density at radius 1 is 1.17 bits per heavy atom. The zero-order valence-corrected chi connectivity index (χ0v) is 7.96. The third-order valence-corrected chi connectivity index (χ3v) is 3.96. The van der Waals surface area contributed by atoms with Gasteiger partial charge < -0.3 is 9.47 Å². The van der Waals surface area contributed by atoms with Crippen LogP contribution in [0.1, 0.15) is 33.6 Å². The first-order valence-corrected chi connectivity index (χ1v) is 4.92. The molecular weight excluding hydrogens is 152 g/mol. The highest BCUT2D eigenvalue weighted by Gasteiger charge is 2.72. The molecule has 2 heteroatoms. The lowest BCUT2D eigenvalue weighted by atomic mass is 9.77. The van der Waals surface area contributed by atoms with Crippen molar-refractivity contribution in [3.8, 4) is 0 Å². The van der Waals surface area contributed by atoms with Crippen molar-refractivity contribution in [2.45, 2.75) is 57.0 Å². The zero-order chi connectivity index (χ0) is 8.56. The van der Waals surface area contributed by atoms with Crippen molar-refractivity contribution in [2.75, 3.05) is 0 Å². The van der Waals surface area contributed by atoms with Crippen LogP contribution in [-0.2, 0) is 9.47 Å². The van der Waals surface area contributed by atoms with Crippen LogP contribution in [0.2, 0.25) is 0 Å². The lowest BCUT2D eigenvalue weighted by molar-refractivity contribution is 0.197. The van der Waals surface area contributed by atoms with Gasteiger partial charge in [0, 0.05) is 12.8 Å². The van der Waals surface area contributed by atoms with Crippen molar-refractivity contribution in [3.05, 3.63) is 0 Å². The Labute approximate surface area is 73.2 Å². The Morgan fingerprint density at radius 3 is 2.58 bits per heavy atom. The maximum atomic E-state index is 5.81. The van der Waals surface area contributed by atoms with Gasteiger partial charge in [0.1, 0.15) is 0 Å². The number of hydrogen-bond donors (Lipinski definition) is 0. The number of fused-ring (bicyclic) bond motifs is 2. The van der Waals surface area contributed by atoms with Gasteiger partial charge in [-0.3, -0.25) is 0 Å². The molecule has 1 saturated carbocycles. The smallest absolute Gasteiger partial charge is 0.0997 e. The van der Waals surface area contributed by atoms with Gasteiger partial charge in [0.25, 0.3) is 0 Å². The average molecular weight is 168 g/mol. The molecule has 0 aromatic rings. The summed E-state index contributed by atoms with van der Waals surface area (Å²) in [7, 11) is 0. The molecule has 0 unspecified atom stereocenters. The van der Waals surface area contributed by atoms with E-state index in [9.17, 15) is 0 Å². The molecule has 2 saturated heterocycles. The molecule has 12 heavy (non-hydrogen) atoms. The molecule has 3 rings (SSSR count). The average Bonchev–Trinajstić information content (AvgIpc) is 2.74. The molecule has 0 aromatic heterocycles. The molecule has 3 aliphatic rings. The topological polar surface area (TPSA) is 25.1 Å². The van der Waals surface area contributed by atoms with Gasteiger partial charge in [-0.25, -0.2) is 0 Å². The van der Waals surface area contributed by atoms with Crippen LogP contribution in [0.3, 0.4) is 0 Å². The second-order valence-electron chi connectivity index (χ2n) is 5.04. The first-order chi connectivity index (χ1) is 5.57. The van der Waals surface area contributed by atoms with Gasteiger partial charge in [-0.05, 0) is 12.8 Å². The minimum atomic E-state index is 0.194. The van der Waals surface area contributed by atoms with Gasteiger partial charge in [-0.1, -0.05) is 13.8 Å². The van der Waals surface area contributed by atoms with Gasteiger partial charge in [-0.2, -0.15) is 0 Å². The van der Waals surface area contributed by atoms with Crippen LogP contribution in [0.5, 0.6) is 0 Å². The summed E-state index contributed by atoms with van der Waals surface area (Å²) < 4.78 is 11.5. The molecule has 0 aromatic carbocycles. The van der Waals surface area contributed by atoms with Crippen LogP contribution in [-0.4, -0.2) is 23.4 Å². The predicted molar refractivity (Wildman–Crippen MR) is 45.0 cm³/mol. The van der Waals surface area contributed by atoms with Gasteiger partial charge in [0.15, 0.2) is 0 Å². The fraction of sp³-hybridized carbons (Fsp3) is 1.00. The second kappa shape index (κ2) is 1.73. The molecule has 2 nitrogen and oxygen atoms in total. The Balaban J connectivity index is 1.82. The Morgan fingerprint density at radius 2 is 1.92 bits per heavy atom. The molecule has 0 radical (unpaired) electrons. The van der Waals surface area contributed by atoms with Crippen LogP contribution in [0.15, 0.2) is 0 Å². The largest absolute Gasteiger partial charge is 0.366 e. The first-order valence-electron chi connectivity index (χ1n) is 4.92. The molecular formula is C10H16O2. The lowest BCUT2D eigenvalue weighted by Crippen LogP contribution is -2.33. The molecule has 0 bridgehead atoms. The van der Waals surface area contributed by atoms with Crippen LogP contribution in [0.4, 0.5) is 0 Å². The highest BCUT2D eigenvalue weighted by molar-refractivity contribution is 5.20. The van der Waals surface area contributed by atoms with E-state index in [2.05, 4.69) is 20.8 Å². The fourth-order valence-electron chi connectivity index (χ4n) is 2.75. The summed E-state index contributed by atoms with van der Waals surface area (Å²) in [6.07, 6.45) is 3.25. The van der Waals surface area contributed by atoms with Gasteiger partial charge in [0.2, 0.25) is 0 Å². The summed E-state index contributed by atoms with van der Waals surface area (Å²) in [6, 6.07) is 0. The Bertz CT molecular complexity index is 238. The second-order valence-corrected chi connectivity index (χ2v) is 5.04. The van der Waals surface area contributed by atoms with Crippen molar-refractivity contribution < 1.29 is 9.47 Å². The van der Waals surface area contributed by atoms with E-state index in [-0.39, 0.29) is 11.2 Å². The third kappa shape index (κ3) is 0.686. The van der Waals surface area contributed by atoms with Crippen molar-refractivity contribution >= 4 is 0 Å². The fourth-order valence-corrected chi connectivity index (χ4v) is 2.75. The summed E-state index contributed by atoms with van der Waals surface area (Å²) in [4.78, 5) is 0. The summed E-state index contributed by atoms with van der Waals surface area (Å²) in [6.45, 7) is 6.72. The van der Waals surface area contributed by atoms with E-state index in [0.29, 0.717) is 18.1 Å². The van der Waals surface area contributed by atoms with Crippen LogP contribution < -0.4 is 0 Å². The molecule has 0 amide bonds. The van der Waals surface area contributed by atoms with Crippen molar-refractivity contribution in [3.63, 3.8) is 0 Å². The molecule has 3 fully saturated rings. The highest BCUT2D eigenvalue weighted by atomic mass is 16.6. The monoisotopic (exact) mass is 168 g/mol. The minimum Gasteiger partial charge on any atom is -0.366 e. The van der Waals surface area contributed by atoms with Crippen LogP contribution >= 0.6 is 0 Å². The maximum Gasteiger partial charge on any atom is 0.0997 e. The van der Waals surface area contributed by atoms with Crippen LogP contribution in [0.25, 0.3) is 0 Å². The molecule has 1 aliphatic carbocycles. The maximum absolute atomic E-state index is 5.81. The summed E-state index contributed by atoms with van der Waals surface area (Å²) in [5, 5.41) is 0. The van der Waals surface area contributed by atoms with E-state index in [1.807, 2.05) is 0 Å². The molecule has 4 atom stereocenters. The molecule has 2 aliphatic heterocycles.